The van der Waals surface area contributed by atoms with Crippen molar-refractivity contribution in [2.24, 2.45) is 0 Å². The molecule has 2 aromatic rings. The number of ether oxygens (including phenoxy) is 1. The van der Waals surface area contributed by atoms with Crippen molar-refractivity contribution in [3.63, 3.8) is 0 Å². The summed E-state index contributed by atoms with van der Waals surface area (Å²) < 4.78 is 5.89. The van der Waals surface area contributed by atoms with Gasteiger partial charge in [-0.2, -0.15) is 0 Å². The van der Waals surface area contributed by atoms with Crippen LogP contribution in [0.2, 0.25) is 0 Å². The minimum atomic E-state index is -0.438. The molecule has 5 nitrogen and oxygen atoms in total. The van der Waals surface area contributed by atoms with Crippen LogP contribution < -0.4 is 5.73 Å². The highest BCUT2D eigenvalue weighted by Crippen LogP contribution is 2.29. The largest absolute Gasteiger partial charge is 0.462 e. The molecule has 0 spiro atoms. The number of hydrogen-bond acceptors (Lipinski definition) is 6. The van der Waals surface area contributed by atoms with E-state index in [1.165, 1.54) is 18.0 Å². The van der Waals surface area contributed by atoms with E-state index in [9.17, 15) is 4.79 Å². The van der Waals surface area contributed by atoms with Crippen molar-refractivity contribution >= 4 is 39.3 Å². The molecule has 0 aliphatic heterocycles. The monoisotopic (exact) mass is 353 g/mol. The highest BCUT2D eigenvalue weighted by atomic mass is 79.9. The van der Waals surface area contributed by atoms with E-state index >= 15 is 0 Å². The van der Waals surface area contributed by atoms with Crippen molar-refractivity contribution in [3.8, 4) is 0 Å². The molecule has 7 heteroatoms. The molecular weight excluding hydrogens is 342 g/mol. The fourth-order valence-corrected chi connectivity index (χ4v) is 2.46. The van der Waals surface area contributed by atoms with E-state index in [0.717, 1.165) is 9.50 Å². The van der Waals surface area contributed by atoms with Gasteiger partial charge in [0, 0.05) is 10.7 Å². The summed E-state index contributed by atoms with van der Waals surface area (Å²) in [7, 11) is 0. The van der Waals surface area contributed by atoms with Gasteiger partial charge < -0.3 is 10.5 Å². The normalized spacial score (nSPS) is 10.3. The van der Waals surface area contributed by atoms with E-state index in [2.05, 4.69) is 25.9 Å². The molecule has 0 bridgehead atoms. The summed E-state index contributed by atoms with van der Waals surface area (Å²) in [6.45, 7) is 2.05. The molecule has 2 N–H and O–H groups in total. The van der Waals surface area contributed by atoms with Crippen LogP contribution in [0.15, 0.2) is 45.1 Å². The molecule has 0 amide bonds. The lowest BCUT2D eigenvalue weighted by Crippen LogP contribution is -2.08. The summed E-state index contributed by atoms with van der Waals surface area (Å²) >= 11 is 4.61. The molecule has 0 radical (unpaired) electrons. The smallest absolute Gasteiger partial charge is 0.340 e. The fraction of sp³-hybridized carbons (Fsp3) is 0.154. The second kappa shape index (κ2) is 6.71. The van der Waals surface area contributed by atoms with E-state index in [1.54, 1.807) is 19.2 Å². The van der Waals surface area contributed by atoms with Crippen LogP contribution in [0.4, 0.5) is 5.69 Å². The van der Waals surface area contributed by atoms with E-state index in [0.29, 0.717) is 22.9 Å². The van der Waals surface area contributed by atoms with Gasteiger partial charge in [0.1, 0.15) is 10.1 Å². The Labute approximate surface area is 129 Å². The molecule has 2 aromatic heterocycles. The molecule has 2 rings (SSSR count). The summed E-state index contributed by atoms with van der Waals surface area (Å²) in [6, 6.07) is 5.27. The van der Waals surface area contributed by atoms with Crippen molar-refractivity contribution in [1.82, 2.24) is 9.97 Å². The van der Waals surface area contributed by atoms with Crippen molar-refractivity contribution in [3.05, 3.63) is 40.6 Å². The lowest BCUT2D eigenvalue weighted by Gasteiger charge is -2.08. The third kappa shape index (κ3) is 3.71. The predicted octanol–water partition coefficient (Wildman–Crippen LogP) is 3.15. The third-order valence-electron chi connectivity index (χ3n) is 2.27. The number of rotatable bonds is 4. The minimum absolute atomic E-state index is 0.300. The summed E-state index contributed by atoms with van der Waals surface area (Å²) in [5, 5.41) is 1.25. The van der Waals surface area contributed by atoms with Gasteiger partial charge in [0.25, 0.3) is 0 Å². The van der Waals surface area contributed by atoms with Crippen LogP contribution in [0.1, 0.15) is 17.3 Å². The highest BCUT2D eigenvalue weighted by Gasteiger charge is 2.16. The highest BCUT2D eigenvalue weighted by molar-refractivity contribution is 9.10. The zero-order valence-corrected chi connectivity index (χ0v) is 13.1. The molecule has 2 heterocycles. The Morgan fingerprint density at radius 2 is 2.20 bits per heavy atom. The number of pyridine rings is 2. The first kappa shape index (κ1) is 14.8. The van der Waals surface area contributed by atoms with Crippen molar-refractivity contribution in [1.29, 1.82) is 0 Å². The van der Waals surface area contributed by atoms with Crippen molar-refractivity contribution in [2.75, 3.05) is 12.3 Å². The molecule has 0 aromatic carbocycles. The zero-order valence-electron chi connectivity index (χ0n) is 10.7. The first-order chi connectivity index (χ1) is 9.60. The maximum atomic E-state index is 11.9. The van der Waals surface area contributed by atoms with Gasteiger partial charge in [0.15, 0.2) is 0 Å². The number of halogens is 1. The summed E-state index contributed by atoms with van der Waals surface area (Å²) in [4.78, 5) is 20.3. The fourth-order valence-electron chi connectivity index (χ4n) is 1.43. The Bertz CT molecular complexity index is 620. The van der Waals surface area contributed by atoms with Crippen LogP contribution in [0, 0.1) is 0 Å². The summed E-state index contributed by atoms with van der Waals surface area (Å²) in [5.74, 6) is -0.438. The number of carbonyl (C=O) groups excluding carboxylic acids is 1. The first-order valence-corrected chi connectivity index (χ1v) is 7.43. The Kier molecular flexibility index (Phi) is 4.97. The molecule has 0 aliphatic carbocycles. The van der Waals surface area contributed by atoms with Crippen molar-refractivity contribution < 1.29 is 9.53 Å². The van der Waals surface area contributed by atoms with E-state index < -0.39 is 5.97 Å². The van der Waals surface area contributed by atoms with E-state index in [1.807, 2.05) is 12.1 Å². The first-order valence-electron chi connectivity index (χ1n) is 5.82. The Morgan fingerprint density at radius 3 is 2.85 bits per heavy atom. The summed E-state index contributed by atoms with van der Waals surface area (Å²) in [6.07, 6.45) is 3.19. The van der Waals surface area contributed by atoms with Crippen molar-refractivity contribution in [2.45, 2.75) is 17.0 Å². The Balaban J connectivity index is 2.31. The molecule has 0 aliphatic rings. The molecule has 0 saturated carbocycles. The molecule has 0 saturated heterocycles. The number of nitrogens with zero attached hydrogens (tertiary/aromatic N) is 2. The molecule has 20 heavy (non-hydrogen) atoms. The molecule has 0 atom stereocenters. The second-order valence-corrected chi connectivity index (χ2v) is 5.68. The number of hydrogen-bond donors (Lipinski definition) is 1. The lowest BCUT2D eigenvalue weighted by atomic mass is 10.3. The average molecular weight is 354 g/mol. The Hall–Kier alpha value is -1.60. The van der Waals surface area contributed by atoms with Crippen LogP contribution in [-0.4, -0.2) is 22.5 Å². The van der Waals surface area contributed by atoms with Gasteiger partial charge in [-0.3, -0.25) is 0 Å². The van der Waals surface area contributed by atoms with Gasteiger partial charge in [-0.15, -0.1) is 0 Å². The van der Waals surface area contributed by atoms with Crippen LogP contribution in [-0.2, 0) is 4.74 Å². The standard InChI is InChI=1S/C13H12BrN3O2S/c1-2-19-13(18)10-5-9(15)7-17-12(10)20-11-4-3-8(14)6-16-11/h3-7H,2,15H2,1H3. The quantitative estimate of drug-likeness (QED) is 0.850. The topological polar surface area (TPSA) is 78.1 Å². The number of carbonyl (C=O) groups is 1. The Morgan fingerprint density at radius 1 is 1.40 bits per heavy atom. The SMILES string of the molecule is CCOC(=O)c1cc(N)cnc1Sc1ccc(Br)cn1. The number of anilines is 1. The molecule has 0 fully saturated rings. The maximum Gasteiger partial charge on any atom is 0.340 e. The third-order valence-corrected chi connectivity index (χ3v) is 3.71. The summed E-state index contributed by atoms with van der Waals surface area (Å²) in [5.41, 5.74) is 6.44. The minimum Gasteiger partial charge on any atom is -0.462 e. The zero-order chi connectivity index (χ0) is 14.5. The molecule has 104 valence electrons. The maximum absolute atomic E-state index is 11.9. The predicted molar refractivity (Wildman–Crippen MR) is 80.7 cm³/mol. The number of nitrogens with two attached hydrogens (primary N) is 1. The van der Waals surface area contributed by atoms with Gasteiger partial charge in [-0.1, -0.05) is 0 Å². The lowest BCUT2D eigenvalue weighted by molar-refractivity contribution is 0.0521. The van der Waals surface area contributed by atoms with E-state index in [4.69, 9.17) is 10.5 Å². The molecular formula is C13H12BrN3O2S. The number of aromatic nitrogens is 2. The van der Waals surface area contributed by atoms with Crippen LogP contribution in [0.5, 0.6) is 0 Å². The van der Waals surface area contributed by atoms with Gasteiger partial charge in [-0.25, -0.2) is 14.8 Å². The van der Waals surface area contributed by atoms with Gasteiger partial charge in [0.05, 0.1) is 24.1 Å². The van der Waals surface area contributed by atoms with Crippen LogP contribution >= 0.6 is 27.7 Å². The van der Waals surface area contributed by atoms with Crippen LogP contribution in [0.3, 0.4) is 0 Å². The average Bonchev–Trinajstić information content (AvgIpc) is 2.43. The second-order valence-electron chi connectivity index (χ2n) is 3.76. The van der Waals surface area contributed by atoms with Gasteiger partial charge in [0.2, 0.25) is 0 Å². The number of nitrogen functional groups attached to an aromatic ring is 1. The van der Waals surface area contributed by atoms with E-state index in [-0.39, 0.29) is 0 Å². The number of esters is 1. The van der Waals surface area contributed by atoms with Gasteiger partial charge in [-0.05, 0) is 52.8 Å². The van der Waals surface area contributed by atoms with Crippen LogP contribution in [0.25, 0.3) is 0 Å². The van der Waals surface area contributed by atoms with Gasteiger partial charge >= 0.3 is 5.97 Å². The molecule has 0 unspecified atom stereocenters.